The monoisotopic (exact) mass is 203 g/mol. The maximum Gasteiger partial charge on any atom is 0.119 e. The predicted octanol–water partition coefficient (Wildman–Crippen LogP) is 2.48. The van der Waals surface area contributed by atoms with Crippen LogP contribution >= 0.6 is 0 Å². The van der Waals surface area contributed by atoms with Crippen molar-refractivity contribution in [3.63, 3.8) is 0 Å². The summed E-state index contributed by atoms with van der Waals surface area (Å²) in [5.41, 5.74) is 1.18. The number of benzene rings is 1. The quantitative estimate of drug-likeness (QED) is 0.717. The van der Waals surface area contributed by atoms with Crippen LogP contribution in [0.2, 0.25) is 0 Å². The van der Waals surface area contributed by atoms with Gasteiger partial charge < -0.3 is 10.1 Å². The highest BCUT2D eigenvalue weighted by Crippen LogP contribution is 2.12. The van der Waals surface area contributed by atoms with Crippen molar-refractivity contribution in [3.8, 4) is 5.75 Å². The van der Waals surface area contributed by atoms with Crippen molar-refractivity contribution in [1.82, 2.24) is 5.32 Å². The van der Waals surface area contributed by atoms with Crippen LogP contribution < -0.4 is 10.1 Å². The summed E-state index contributed by atoms with van der Waals surface area (Å²) in [5, 5.41) is 3.05. The Morgan fingerprint density at radius 3 is 2.67 bits per heavy atom. The summed E-state index contributed by atoms with van der Waals surface area (Å²) in [6, 6.07) is 7.99. The van der Waals surface area contributed by atoms with Gasteiger partial charge in [0.1, 0.15) is 12.4 Å². The van der Waals surface area contributed by atoms with Gasteiger partial charge in [-0.25, -0.2) is 0 Å². The SMILES string of the molecule is C=CCOc1ccc(C=CCNC)cc1. The first-order valence-corrected chi connectivity index (χ1v) is 5.01. The first-order valence-electron chi connectivity index (χ1n) is 5.01. The summed E-state index contributed by atoms with van der Waals surface area (Å²) in [6.45, 7) is 5.03. The largest absolute Gasteiger partial charge is 0.490 e. The van der Waals surface area contributed by atoms with Gasteiger partial charge in [-0.2, -0.15) is 0 Å². The zero-order valence-corrected chi connectivity index (χ0v) is 9.07. The topological polar surface area (TPSA) is 21.3 Å². The van der Waals surface area contributed by atoms with Crippen LogP contribution in [-0.4, -0.2) is 20.2 Å². The Hall–Kier alpha value is -1.54. The van der Waals surface area contributed by atoms with E-state index in [2.05, 4.69) is 24.0 Å². The van der Waals surface area contributed by atoms with Gasteiger partial charge >= 0.3 is 0 Å². The first kappa shape index (κ1) is 11.5. The third-order valence-corrected chi connectivity index (χ3v) is 1.88. The van der Waals surface area contributed by atoms with Gasteiger partial charge in [0.15, 0.2) is 0 Å². The Balaban J connectivity index is 2.52. The fourth-order valence-electron chi connectivity index (χ4n) is 1.14. The van der Waals surface area contributed by atoms with Crippen molar-refractivity contribution < 1.29 is 4.74 Å². The molecule has 0 spiro atoms. The van der Waals surface area contributed by atoms with E-state index in [1.807, 2.05) is 31.3 Å². The number of ether oxygens (including phenoxy) is 1. The van der Waals surface area contributed by atoms with E-state index >= 15 is 0 Å². The van der Waals surface area contributed by atoms with Gasteiger partial charge in [0, 0.05) is 6.54 Å². The summed E-state index contributed by atoms with van der Waals surface area (Å²) in [4.78, 5) is 0. The smallest absolute Gasteiger partial charge is 0.119 e. The Morgan fingerprint density at radius 1 is 1.33 bits per heavy atom. The van der Waals surface area contributed by atoms with Crippen molar-refractivity contribution in [2.24, 2.45) is 0 Å². The van der Waals surface area contributed by atoms with Gasteiger partial charge in [0.25, 0.3) is 0 Å². The Labute approximate surface area is 91.3 Å². The third-order valence-electron chi connectivity index (χ3n) is 1.88. The number of hydrogen-bond acceptors (Lipinski definition) is 2. The van der Waals surface area contributed by atoms with Gasteiger partial charge in [-0.1, -0.05) is 36.9 Å². The van der Waals surface area contributed by atoms with E-state index in [0.29, 0.717) is 6.61 Å². The molecule has 2 heteroatoms. The van der Waals surface area contributed by atoms with Crippen LogP contribution in [-0.2, 0) is 0 Å². The number of likely N-dealkylation sites (N-methyl/N-ethyl adjacent to an activating group) is 1. The van der Waals surface area contributed by atoms with Gasteiger partial charge in [-0.15, -0.1) is 0 Å². The third kappa shape index (κ3) is 4.47. The standard InChI is InChI=1S/C13H17NO/c1-3-11-15-13-8-6-12(7-9-13)5-4-10-14-2/h3-9,14H,1,10-11H2,2H3. The number of rotatable bonds is 6. The number of nitrogens with one attached hydrogen (secondary N) is 1. The first-order chi connectivity index (χ1) is 7.36. The molecule has 0 saturated heterocycles. The van der Waals surface area contributed by atoms with E-state index in [9.17, 15) is 0 Å². The van der Waals surface area contributed by atoms with Gasteiger partial charge in [-0.05, 0) is 24.7 Å². The summed E-state index contributed by atoms with van der Waals surface area (Å²) in [7, 11) is 1.93. The van der Waals surface area contributed by atoms with Crippen molar-refractivity contribution in [1.29, 1.82) is 0 Å². The Bertz CT molecular complexity index is 314. The van der Waals surface area contributed by atoms with E-state index in [4.69, 9.17) is 4.74 Å². The van der Waals surface area contributed by atoms with Crippen LogP contribution in [0.25, 0.3) is 6.08 Å². The van der Waals surface area contributed by atoms with Crippen LogP contribution in [0.15, 0.2) is 43.0 Å². The van der Waals surface area contributed by atoms with E-state index in [-0.39, 0.29) is 0 Å². The highest BCUT2D eigenvalue weighted by atomic mass is 16.5. The second kappa shape index (κ2) is 6.85. The molecule has 0 heterocycles. The Kier molecular flexibility index (Phi) is 5.26. The minimum absolute atomic E-state index is 0.551. The van der Waals surface area contributed by atoms with E-state index in [1.165, 1.54) is 5.56 Å². The van der Waals surface area contributed by atoms with Gasteiger partial charge in [0.2, 0.25) is 0 Å². The second-order valence-electron chi connectivity index (χ2n) is 3.13. The lowest BCUT2D eigenvalue weighted by Crippen LogP contribution is -2.03. The lowest BCUT2D eigenvalue weighted by Gasteiger charge is -2.02. The maximum atomic E-state index is 5.38. The average Bonchev–Trinajstić information content (AvgIpc) is 2.28. The molecule has 1 aromatic rings. The lowest BCUT2D eigenvalue weighted by molar-refractivity contribution is 0.363. The zero-order valence-electron chi connectivity index (χ0n) is 9.07. The molecule has 0 aliphatic rings. The highest BCUT2D eigenvalue weighted by Gasteiger charge is 1.91. The molecular formula is C13H17NO. The average molecular weight is 203 g/mol. The molecule has 0 atom stereocenters. The molecule has 0 amide bonds. The van der Waals surface area contributed by atoms with Crippen molar-refractivity contribution >= 4 is 6.08 Å². The van der Waals surface area contributed by atoms with Crippen LogP contribution in [0.5, 0.6) is 5.75 Å². The number of hydrogen-bond donors (Lipinski definition) is 1. The molecule has 0 aliphatic heterocycles. The van der Waals surface area contributed by atoms with E-state index in [0.717, 1.165) is 12.3 Å². The molecule has 80 valence electrons. The molecular weight excluding hydrogens is 186 g/mol. The molecule has 15 heavy (non-hydrogen) atoms. The summed E-state index contributed by atoms with van der Waals surface area (Å²) in [5.74, 6) is 0.876. The minimum Gasteiger partial charge on any atom is -0.490 e. The normalized spacial score (nSPS) is 10.5. The molecule has 0 unspecified atom stereocenters. The minimum atomic E-state index is 0.551. The van der Waals surface area contributed by atoms with Crippen LogP contribution in [0.3, 0.4) is 0 Å². The van der Waals surface area contributed by atoms with Crippen molar-refractivity contribution in [2.45, 2.75) is 0 Å². The second-order valence-corrected chi connectivity index (χ2v) is 3.13. The van der Waals surface area contributed by atoms with Gasteiger partial charge in [-0.3, -0.25) is 0 Å². The highest BCUT2D eigenvalue weighted by molar-refractivity contribution is 5.50. The molecule has 2 nitrogen and oxygen atoms in total. The van der Waals surface area contributed by atoms with E-state index in [1.54, 1.807) is 6.08 Å². The summed E-state index contributed by atoms with van der Waals surface area (Å²) in [6.07, 6.45) is 5.90. The van der Waals surface area contributed by atoms with Crippen LogP contribution in [0.4, 0.5) is 0 Å². The predicted molar refractivity (Wildman–Crippen MR) is 65.1 cm³/mol. The molecule has 0 bridgehead atoms. The Morgan fingerprint density at radius 2 is 2.07 bits per heavy atom. The van der Waals surface area contributed by atoms with E-state index < -0.39 is 0 Å². The molecule has 0 aromatic heterocycles. The lowest BCUT2D eigenvalue weighted by atomic mass is 10.2. The van der Waals surface area contributed by atoms with Crippen LogP contribution in [0.1, 0.15) is 5.56 Å². The molecule has 0 fully saturated rings. The van der Waals surface area contributed by atoms with Crippen molar-refractivity contribution in [3.05, 3.63) is 48.6 Å². The summed E-state index contributed by atoms with van der Waals surface area (Å²) < 4.78 is 5.38. The van der Waals surface area contributed by atoms with Crippen molar-refractivity contribution in [2.75, 3.05) is 20.2 Å². The van der Waals surface area contributed by atoms with Gasteiger partial charge in [0.05, 0.1) is 0 Å². The fourth-order valence-corrected chi connectivity index (χ4v) is 1.14. The fraction of sp³-hybridized carbons (Fsp3) is 0.231. The molecule has 1 rings (SSSR count). The van der Waals surface area contributed by atoms with Crippen LogP contribution in [0, 0.1) is 0 Å². The molecule has 0 aliphatic carbocycles. The molecule has 0 saturated carbocycles. The molecule has 1 N–H and O–H groups in total. The zero-order chi connectivity index (χ0) is 10.9. The molecule has 0 radical (unpaired) electrons. The summed E-state index contributed by atoms with van der Waals surface area (Å²) >= 11 is 0. The molecule has 1 aromatic carbocycles. The maximum absolute atomic E-state index is 5.38.